The van der Waals surface area contributed by atoms with Gasteiger partial charge in [-0.05, 0) is 24.1 Å². The van der Waals surface area contributed by atoms with E-state index in [1.807, 2.05) is 25.1 Å². The van der Waals surface area contributed by atoms with Crippen molar-refractivity contribution in [2.45, 2.75) is 19.8 Å². The number of rotatable bonds is 5. The molecule has 0 aromatic heterocycles. The van der Waals surface area contributed by atoms with Crippen LogP contribution in [-0.2, 0) is 11.2 Å². The highest BCUT2D eigenvalue weighted by Gasteiger charge is 2.04. The minimum Gasteiger partial charge on any atom is -0.351 e. The summed E-state index contributed by atoms with van der Waals surface area (Å²) < 4.78 is 0. The average Bonchev–Trinajstić information content (AvgIpc) is 2.32. The molecule has 1 amide bonds. The number of carbonyl (C=O) groups excluding carboxylic acids is 1. The Labute approximate surface area is 118 Å². The molecule has 1 aromatic rings. The maximum atomic E-state index is 11.2. The molecule has 94 valence electrons. The van der Waals surface area contributed by atoms with Gasteiger partial charge in [-0.25, -0.2) is 0 Å². The highest BCUT2D eigenvalue weighted by atomic mass is 35.5. The van der Waals surface area contributed by atoms with E-state index in [-0.39, 0.29) is 12.3 Å². The second-order valence-corrected chi connectivity index (χ2v) is 4.94. The van der Waals surface area contributed by atoms with Gasteiger partial charge in [0.1, 0.15) is 0 Å². The van der Waals surface area contributed by atoms with E-state index >= 15 is 0 Å². The Morgan fingerprint density at radius 1 is 1.56 bits per heavy atom. The zero-order valence-corrected chi connectivity index (χ0v) is 11.7. The van der Waals surface area contributed by atoms with Crippen molar-refractivity contribution in [1.82, 2.24) is 5.32 Å². The second kappa shape index (κ2) is 7.15. The summed E-state index contributed by atoms with van der Waals surface area (Å²) in [6.45, 7) is 2.31. The molecule has 0 aliphatic carbocycles. The molecule has 1 N–H and O–H groups in total. The van der Waals surface area contributed by atoms with Crippen molar-refractivity contribution in [3.8, 4) is 12.3 Å². The Morgan fingerprint density at radius 3 is 2.89 bits per heavy atom. The predicted octanol–water partition coefficient (Wildman–Crippen LogP) is 2.70. The van der Waals surface area contributed by atoms with E-state index in [0.29, 0.717) is 13.0 Å². The summed E-state index contributed by atoms with van der Waals surface area (Å²) in [4.78, 5) is 11.9. The lowest BCUT2D eigenvalue weighted by Crippen LogP contribution is -2.28. The summed E-state index contributed by atoms with van der Waals surface area (Å²) in [5, 5.41) is 3.40. The fourth-order valence-corrected chi connectivity index (χ4v) is 1.83. The number of terminal acetylenes is 1. The average molecular weight is 280 g/mol. The number of halogens is 1. The van der Waals surface area contributed by atoms with Gasteiger partial charge < -0.3 is 5.32 Å². The van der Waals surface area contributed by atoms with Crippen LogP contribution in [-0.4, -0.2) is 17.3 Å². The molecule has 2 nitrogen and oxygen atoms in total. The number of amides is 1. The van der Waals surface area contributed by atoms with Crippen molar-refractivity contribution < 1.29 is 4.79 Å². The first-order chi connectivity index (χ1) is 8.52. The van der Waals surface area contributed by atoms with Crippen molar-refractivity contribution in [3.63, 3.8) is 0 Å². The van der Waals surface area contributed by atoms with Crippen LogP contribution in [0.1, 0.15) is 17.5 Å². The van der Waals surface area contributed by atoms with E-state index in [0.717, 1.165) is 21.0 Å². The molecule has 0 unspecified atom stereocenters. The number of carbonyl (C=O) groups is 1. The van der Waals surface area contributed by atoms with Crippen LogP contribution in [0.2, 0.25) is 5.02 Å². The summed E-state index contributed by atoms with van der Waals surface area (Å²) in [5.41, 5.74) is 2.08. The molecule has 0 bridgehead atoms. The highest BCUT2D eigenvalue weighted by molar-refractivity contribution is 7.80. The Kier molecular flexibility index (Phi) is 5.84. The van der Waals surface area contributed by atoms with Gasteiger partial charge in [0, 0.05) is 22.9 Å². The third-order valence-corrected chi connectivity index (χ3v) is 3.08. The molecule has 0 saturated carbocycles. The zero-order valence-electron chi connectivity index (χ0n) is 10.1. The number of thiocarbonyl (C=S) groups is 1. The number of hydrogen-bond acceptors (Lipinski definition) is 2. The Hall–Kier alpha value is -1.37. The molecule has 18 heavy (non-hydrogen) atoms. The van der Waals surface area contributed by atoms with Crippen molar-refractivity contribution in [3.05, 3.63) is 34.3 Å². The SMILES string of the molecule is C#CCC(=O)NCC(=S)Cc1ccc(C)c(Cl)c1. The standard InChI is InChI=1S/C14H14ClNOS/c1-3-4-14(17)16-9-12(18)7-11-6-5-10(2)13(15)8-11/h1,5-6,8H,4,7,9H2,2H3,(H,16,17). The fourth-order valence-electron chi connectivity index (χ4n) is 1.39. The van der Waals surface area contributed by atoms with Crippen LogP contribution in [0.4, 0.5) is 0 Å². The third-order valence-electron chi connectivity index (χ3n) is 2.38. The van der Waals surface area contributed by atoms with Gasteiger partial charge >= 0.3 is 0 Å². The van der Waals surface area contributed by atoms with Gasteiger partial charge in [-0.3, -0.25) is 4.79 Å². The number of benzene rings is 1. The molecule has 0 fully saturated rings. The smallest absolute Gasteiger partial charge is 0.232 e. The fraction of sp³-hybridized carbons (Fsp3) is 0.286. The Bertz CT molecular complexity index is 505. The molecule has 4 heteroatoms. The van der Waals surface area contributed by atoms with Gasteiger partial charge in [-0.1, -0.05) is 41.9 Å². The number of hydrogen-bond donors (Lipinski definition) is 1. The molecular weight excluding hydrogens is 266 g/mol. The van der Waals surface area contributed by atoms with Gasteiger partial charge in [-0.2, -0.15) is 0 Å². The lowest BCUT2D eigenvalue weighted by atomic mass is 10.1. The van der Waals surface area contributed by atoms with Gasteiger partial charge in [0.05, 0.1) is 6.42 Å². The molecule has 0 aliphatic rings. The number of aryl methyl sites for hydroxylation is 1. The molecular formula is C14H14ClNOS. The summed E-state index contributed by atoms with van der Waals surface area (Å²) in [5.74, 6) is 2.10. The summed E-state index contributed by atoms with van der Waals surface area (Å²) in [7, 11) is 0. The normalized spacial score (nSPS) is 9.61. The first kappa shape index (κ1) is 14.7. The predicted molar refractivity (Wildman–Crippen MR) is 79.0 cm³/mol. The van der Waals surface area contributed by atoms with E-state index in [1.165, 1.54) is 0 Å². The molecule has 0 saturated heterocycles. The molecule has 0 atom stereocenters. The van der Waals surface area contributed by atoms with Crippen LogP contribution in [0.25, 0.3) is 0 Å². The van der Waals surface area contributed by atoms with Crippen molar-refractivity contribution in [2.75, 3.05) is 6.54 Å². The van der Waals surface area contributed by atoms with E-state index in [2.05, 4.69) is 11.2 Å². The lowest BCUT2D eigenvalue weighted by Gasteiger charge is -2.07. The van der Waals surface area contributed by atoms with Gasteiger partial charge in [0.2, 0.25) is 5.91 Å². The minimum atomic E-state index is -0.179. The maximum Gasteiger partial charge on any atom is 0.232 e. The van der Waals surface area contributed by atoms with E-state index in [4.69, 9.17) is 30.2 Å². The molecule has 0 aliphatic heterocycles. The maximum absolute atomic E-state index is 11.2. The molecule has 0 spiro atoms. The van der Waals surface area contributed by atoms with Crippen LogP contribution in [0.15, 0.2) is 18.2 Å². The van der Waals surface area contributed by atoms with Crippen LogP contribution < -0.4 is 5.32 Å². The third kappa shape index (κ3) is 4.87. The molecule has 1 aromatic carbocycles. The van der Waals surface area contributed by atoms with E-state index in [9.17, 15) is 4.79 Å². The van der Waals surface area contributed by atoms with Crippen molar-refractivity contribution >= 4 is 34.6 Å². The zero-order chi connectivity index (χ0) is 13.5. The van der Waals surface area contributed by atoms with Crippen LogP contribution in [0, 0.1) is 19.3 Å². The minimum absolute atomic E-state index is 0.0823. The van der Waals surface area contributed by atoms with E-state index < -0.39 is 0 Å². The first-order valence-corrected chi connectivity index (χ1v) is 6.28. The monoisotopic (exact) mass is 279 g/mol. The number of nitrogens with one attached hydrogen (secondary N) is 1. The summed E-state index contributed by atoms with van der Waals surface area (Å²) >= 11 is 11.2. The molecule has 0 heterocycles. The quantitative estimate of drug-likeness (QED) is 0.663. The lowest BCUT2D eigenvalue weighted by molar-refractivity contribution is -0.119. The first-order valence-electron chi connectivity index (χ1n) is 5.50. The second-order valence-electron chi connectivity index (χ2n) is 3.96. The van der Waals surface area contributed by atoms with Gasteiger partial charge in [0.15, 0.2) is 0 Å². The molecule has 0 radical (unpaired) electrons. The summed E-state index contributed by atoms with van der Waals surface area (Å²) in [6.07, 6.45) is 5.73. The van der Waals surface area contributed by atoms with Crippen LogP contribution in [0.5, 0.6) is 0 Å². The highest BCUT2D eigenvalue weighted by Crippen LogP contribution is 2.17. The van der Waals surface area contributed by atoms with Crippen molar-refractivity contribution in [1.29, 1.82) is 0 Å². The van der Waals surface area contributed by atoms with Crippen molar-refractivity contribution in [2.24, 2.45) is 0 Å². The van der Waals surface area contributed by atoms with E-state index in [1.54, 1.807) is 0 Å². The van der Waals surface area contributed by atoms with Gasteiger partial charge in [0.25, 0.3) is 0 Å². The Morgan fingerprint density at radius 2 is 2.28 bits per heavy atom. The van der Waals surface area contributed by atoms with Crippen LogP contribution >= 0.6 is 23.8 Å². The Balaban J connectivity index is 2.47. The van der Waals surface area contributed by atoms with Gasteiger partial charge in [-0.15, -0.1) is 6.42 Å². The topological polar surface area (TPSA) is 29.1 Å². The summed E-state index contributed by atoms with van der Waals surface area (Å²) in [6, 6.07) is 5.83. The largest absolute Gasteiger partial charge is 0.351 e. The molecule has 1 rings (SSSR count). The van der Waals surface area contributed by atoms with Crippen LogP contribution in [0.3, 0.4) is 0 Å².